The van der Waals surface area contributed by atoms with Gasteiger partial charge in [0.1, 0.15) is 5.78 Å². The van der Waals surface area contributed by atoms with Gasteiger partial charge in [0.25, 0.3) is 0 Å². The lowest BCUT2D eigenvalue weighted by Gasteiger charge is -2.13. The number of fused-ring (bicyclic) bond motifs is 3. The summed E-state index contributed by atoms with van der Waals surface area (Å²) in [6.45, 7) is 0. The van der Waals surface area contributed by atoms with Crippen LogP contribution in [-0.2, 0) is 4.79 Å². The van der Waals surface area contributed by atoms with Gasteiger partial charge >= 0.3 is 0 Å². The fraction of sp³-hybridized carbons (Fsp3) is 0.900. The molecule has 0 aromatic heterocycles. The summed E-state index contributed by atoms with van der Waals surface area (Å²) >= 11 is 0. The van der Waals surface area contributed by atoms with Gasteiger partial charge in [-0.05, 0) is 31.6 Å². The lowest BCUT2D eigenvalue weighted by molar-refractivity contribution is -0.123. The molecule has 62 valence electrons. The van der Waals surface area contributed by atoms with Gasteiger partial charge in [-0.3, -0.25) is 4.79 Å². The van der Waals surface area contributed by atoms with Crippen LogP contribution in [0.25, 0.3) is 0 Å². The largest absolute Gasteiger partial charge is 0.299 e. The van der Waals surface area contributed by atoms with E-state index in [-0.39, 0.29) is 0 Å². The van der Waals surface area contributed by atoms with Crippen molar-refractivity contribution in [3.63, 3.8) is 0 Å². The molecule has 0 saturated heterocycles. The predicted molar refractivity (Wildman–Crippen MR) is 44.3 cm³/mol. The third-order valence-electron chi connectivity index (χ3n) is 3.34. The molecule has 0 radical (unpaired) electrons. The summed E-state index contributed by atoms with van der Waals surface area (Å²) in [6, 6.07) is 0. The highest BCUT2D eigenvalue weighted by Gasteiger charge is 2.27. The highest BCUT2D eigenvalue weighted by Crippen LogP contribution is 2.35. The molecule has 2 saturated carbocycles. The molecule has 0 amide bonds. The molecule has 0 spiro atoms. The number of hydrogen-bond donors (Lipinski definition) is 0. The van der Waals surface area contributed by atoms with Gasteiger partial charge in [-0.1, -0.05) is 12.8 Å². The molecule has 2 aliphatic rings. The van der Waals surface area contributed by atoms with Crippen LogP contribution in [0.5, 0.6) is 0 Å². The molecule has 0 heterocycles. The first-order valence-corrected chi connectivity index (χ1v) is 4.89. The van der Waals surface area contributed by atoms with Crippen molar-refractivity contribution in [2.75, 3.05) is 0 Å². The fourth-order valence-corrected chi connectivity index (χ4v) is 2.54. The maximum atomic E-state index is 11.4. The summed E-state index contributed by atoms with van der Waals surface area (Å²) in [5, 5.41) is 0. The highest BCUT2D eigenvalue weighted by atomic mass is 16.1. The Balaban J connectivity index is 2.11. The molecule has 0 unspecified atom stereocenters. The molecule has 2 aliphatic carbocycles. The summed E-state index contributed by atoms with van der Waals surface area (Å²) in [7, 11) is 0. The van der Waals surface area contributed by atoms with E-state index < -0.39 is 0 Å². The SMILES string of the molecule is O=C1CC[C@H]2CCC[C@@H]1CC2. The van der Waals surface area contributed by atoms with E-state index >= 15 is 0 Å². The van der Waals surface area contributed by atoms with Crippen LogP contribution in [0.4, 0.5) is 0 Å². The second-order valence-electron chi connectivity index (χ2n) is 4.08. The van der Waals surface area contributed by atoms with Crippen LogP contribution in [0, 0.1) is 11.8 Å². The molecule has 0 aromatic rings. The minimum atomic E-state index is 0.461. The maximum absolute atomic E-state index is 11.4. The normalized spacial score (nSPS) is 38.4. The molecular formula is C10H16O. The number of carbonyl (C=O) groups is 1. The van der Waals surface area contributed by atoms with Crippen molar-refractivity contribution in [2.45, 2.75) is 44.9 Å². The minimum Gasteiger partial charge on any atom is -0.299 e. The van der Waals surface area contributed by atoms with Crippen LogP contribution >= 0.6 is 0 Å². The molecule has 11 heavy (non-hydrogen) atoms. The third-order valence-corrected chi connectivity index (χ3v) is 3.34. The van der Waals surface area contributed by atoms with Gasteiger partial charge < -0.3 is 0 Å². The van der Waals surface area contributed by atoms with Crippen LogP contribution in [0.2, 0.25) is 0 Å². The Morgan fingerprint density at radius 3 is 2.82 bits per heavy atom. The maximum Gasteiger partial charge on any atom is 0.135 e. The second kappa shape index (κ2) is 2.96. The van der Waals surface area contributed by atoms with Crippen molar-refractivity contribution >= 4 is 5.78 Å². The van der Waals surface area contributed by atoms with Crippen molar-refractivity contribution in [2.24, 2.45) is 11.8 Å². The lowest BCUT2D eigenvalue weighted by atomic mass is 9.91. The zero-order chi connectivity index (χ0) is 7.68. The molecule has 2 bridgehead atoms. The summed E-state index contributed by atoms with van der Waals surface area (Å²) in [5.74, 6) is 1.92. The average Bonchev–Trinajstić information content (AvgIpc) is 2.29. The Hall–Kier alpha value is -0.330. The van der Waals surface area contributed by atoms with E-state index in [4.69, 9.17) is 0 Å². The smallest absolute Gasteiger partial charge is 0.135 e. The van der Waals surface area contributed by atoms with E-state index in [2.05, 4.69) is 0 Å². The van der Waals surface area contributed by atoms with Crippen molar-refractivity contribution < 1.29 is 4.79 Å². The summed E-state index contributed by atoms with van der Waals surface area (Å²) in [6.07, 6.45) is 8.49. The molecule has 0 aliphatic heterocycles. The van der Waals surface area contributed by atoms with Gasteiger partial charge in [0, 0.05) is 12.3 Å². The van der Waals surface area contributed by atoms with Crippen molar-refractivity contribution in [3.8, 4) is 0 Å². The summed E-state index contributed by atoms with van der Waals surface area (Å²) in [4.78, 5) is 11.4. The van der Waals surface area contributed by atoms with Gasteiger partial charge in [0.15, 0.2) is 0 Å². The van der Waals surface area contributed by atoms with Crippen LogP contribution < -0.4 is 0 Å². The van der Waals surface area contributed by atoms with Gasteiger partial charge in [-0.25, -0.2) is 0 Å². The van der Waals surface area contributed by atoms with E-state index in [1.807, 2.05) is 0 Å². The lowest BCUT2D eigenvalue weighted by Crippen LogP contribution is -2.12. The van der Waals surface area contributed by atoms with Crippen LogP contribution in [0.1, 0.15) is 44.9 Å². The van der Waals surface area contributed by atoms with E-state index in [1.54, 1.807) is 0 Å². The van der Waals surface area contributed by atoms with Gasteiger partial charge in [-0.15, -0.1) is 0 Å². The van der Waals surface area contributed by atoms with Crippen LogP contribution in [0.15, 0.2) is 0 Å². The molecule has 1 nitrogen and oxygen atoms in total. The zero-order valence-corrected chi connectivity index (χ0v) is 7.01. The minimum absolute atomic E-state index is 0.461. The summed E-state index contributed by atoms with van der Waals surface area (Å²) < 4.78 is 0. The number of carbonyl (C=O) groups excluding carboxylic acids is 1. The third kappa shape index (κ3) is 1.47. The van der Waals surface area contributed by atoms with E-state index in [0.717, 1.165) is 12.3 Å². The fourth-order valence-electron chi connectivity index (χ4n) is 2.54. The molecule has 0 aromatic carbocycles. The number of ketones is 1. The molecule has 2 fully saturated rings. The van der Waals surface area contributed by atoms with Gasteiger partial charge in [0.05, 0.1) is 0 Å². The first kappa shape index (κ1) is 7.33. The first-order chi connectivity index (χ1) is 5.36. The van der Waals surface area contributed by atoms with Crippen LogP contribution in [0.3, 0.4) is 0 Å². The van der Waals surface area contributed by atoms with E-state index in [0.29, 0.717) is 11.7 Å². The number of hydrogen-bond acceptors (Lipinski definition) is 1. The zero-order valence-electron chi connectivity index (χ0n) is 7.01. The Kier molecular flexibility index (Phi) is 1.97. The standard InChI is InChI=1S/C10H16O/c11-10-7-5-8-2-1-3-9(10)6-4-8/h8-9H,1-7H2/t8-,9+/m0/s1. The molecule has 2 rings (SSSR count). The average molecular weight is 152 g/mol. The monoisotopic (exact) mass is 152 g/mol. The van der Waals surface area contributed by atoms with E-state index in [1.165, 1.54) is 38.5 Å². The molecule has 0 N–H and O–H groups in total. The second-order valence-corrected chi connectivity index (χ2v) is 4.08. The highest BCUT2D eigenvalue weighted by molar-refractivity contribution is 5.81. The number of Topliss-reactive ketones (excluding diaryl/α,β-unsaturated/α-hetero) is 1. The van der Waals surface area contributed by atoms with Gasteiger partial charge in [0.2, 0.25) is 0 Å². The molecular weight excluding hydrogens is 136 g/mol. The topological polar surface area (TPSA) is 17.1 Å². The molecule has 2 atom stereocenters. The van der Waals surface area contributed by atoms with Crippen molar-refractivity contribution in [1.29, 1.82) is 0 Å². The molecule has 1 heteroatoms. The predicted octanol–water partition coefficient (Wildman–Crippen LogP) is 2.55. The Morgan fingerprint density at radius 1 is 1.00 bits per heavy atom. The van der Waals surface area contributed by atoms with Crippen LogP contribution in [-0.4, -0.2) is 5.78 Å². The van der Waals surface area contributed by atoms with Crippen molar-refractivity contribution in [3.05, 3.63) is 0 Å². The quantitative estimate of drug-likeness (QED) is 0.521. The van der Waals surface area contributed by atoms with E-state index in [9.17, 15) is 4.79 Å². The van der Waals surface area contributed by atoms with Gasteiger partial charge in [-0.2, -0.15) is 0 Å². The summed E-state index contributed by atoms with van der Waals surface area (Å²) in [5.41, 5.74) is 0. The Labute approximate surface area is 68.2 Å². The Morgan fingerprint density at radius 2 is 1.91 bits per heavy atom. The number of rotatable bonds is 0. The Bertz CT molecular complexity index is 162. The van der Waals surface area contributed by atoms with Crippen molar-refractivity contribution in [1.82, 2.24) is 0 Å². The first-order valence-electron chi connectivity index (χ1n) is 4.89.